The van der Waals surface area contributed by atoms with E-state index >= 15 is 0 Å². The summed E-state index contributed by atoms with van der Waals surface area (Å²) in [4.78, 5) is 51.3. The van der Waals surface area contributed by atoms with E-state index < -0.39 is 18.5 Å². The van der Waals surface area contributed by atoms with Crippen LogP contribution in [0.2, 0.25) is 10.0 Å². The van der Waals surface area contributed by atoms with Crippen molar-refractivity contribution >= 4 is 58.3 Å². The summed E-state index contributed by atoms with van der Waals surface area (Å²) in [5.41, 5.74) is 0.930. The molecular weight excluding hydrogens is 467 g/mol. The highest BCUT2D eigenvalue weighted by molar-refractivity contribution is 6.44. The third kappa shape index (κ3) is 4.75. The first-order valence-electron chi connectivity index (χ1n) is 10.6. The van der Waals surface area contributed by atoms with Crippen molar-refractivity contribution in [1.29, 1.82) is 0 Å². The molecule has 1 aliphatic carbocycles. The van der Waals surface area contributed by atoms with Gasteiger partial charge in [-0.05, 0) is 61.6 Å². The maximum absolute atomic E-state index is 12.8. The van der Waals surface area contributed by atoms with Gasteiger partial charge in [0, 0.05) is 0 Å². The number of carbonyl (C=O) groups is 4. The van der Waals surface area contributed by atoms with Gasteiger partial charge >= 0.3 is 5.97 Å². The number of benzene rings is 2. The Bertz CT molecular complexity index is 1120. The largest absolute Gasteiger partial charge is 0.452 e. The lowest BCUT2D eigenvalue weighted by atomic mass is 9.76. The quantitative estimate of drug-likeness (QED) is 0.485. The van der Waals surface area contributed by atoms with Crippen molar-refractivity contribution in [3.8, 4) is 0 Å². The summed E-state index contributed by atoms with van der Waals surface area (Å²) in [6, 6.07) is 10.8. The van der Waals surface area contributed by atoms with Crippen LogP contribution in [-0.4, -0.2) is 30.3 Å². The third-order valence-corrected chi connectivity index (χ3v) is 6.93. The Balaban J connectivity index is 1.36. The fourth-order valence-corrected chi connectivity index (χ4v) is 4.74. The lowest BCUT2D eigenvalue weighted by molar-refractivity contribution is -0.122. The van der Waals surface area contributed by atoms with Gasteiger partial charge in [-0.3, -0.25) is 19.3 Å². The number of esters is 1. The number of nitrogens with one attached hydrogen (secondary N) is 1. The first-order valence-corrected chi connectivity index (χ1v) is 11.4. The zero-order valence-corrected chi connectivity index (χ0v) is 19.4. The molecule has 2 fully saturated rings. The highest BCUT2D eigenvalue weighted by atomic mass is 35.5. The molecule has 4 rings (SSSR count). The molecule has 2 aromatic rings. The lowest BCUT2D eigenvalue weighted by Gasteiger charge is -2.25. The molecule has 172 valence electrons. The molecule has 0 radical (unpaired) electrons. The van der Waals surface area contributed by atoms with Crippen molar-refractivity contribution in [2.24, 2.45) is 17.8 Å². The van der Waals surface area contributed by atoms with Crippen LogP contribution in [0.15, 0.2) is 42.5 Å². The van der Waals surface area contributed by atoms with Crippen molar-refractivity contribution in [3.05, 3.63) is 58.1 Å². The second-order valence-corrected chi connectivity index (χ2v) is 9.20. The molecule has 0 aromatic heterocycles. The number of amides is 3. The number of halogens is 2. The molecule has 1 aliphatic heterocycles. The van der Waals surface area contributed by atoms with Crippen LogP contribution >= 0.6 is 23.2 Å². The summed E-state index contributed by atoms with van der Waals surface area (Å²) in [6.07, 6.45) is 2.38. The van der Waals surface area contributed by atoms with Crippen LogP contribution in [-0.2, 0) is 19.1 Å². The molecule has 1 N–H and O–H groups in total. The topological polar surface area (TPSA) is 92.8 Å². The molecule has 2 aliphatic rings. The number of nitrogens with zero attached hydrogens (tertiary/aromatic N) is 1. The predicted molar refractivity (Wildman–Crippen MR) is 124 cm³/mol. The molecule has 3 atom stereocenters. The van der Waals surface area contributed by atoms with Crippen molar-refractivity contribution in [1.82, 2.24) is 0 Å². The monoisotopic (exact) mass is 488 g/mol. The number of hydrogen-bond acceptors (Lipinski definition) is 5. The van der Waals surface area contributed by atoms with E-state index in [0.29, 0.717) is 17.3 Å². The second-order valence-electron chi connectivity index (χ2n) is 8.42. The van der Waals surface area contributed by atoms with Gasteiger partial charge in [-0.2, -0.15) is 0 Å². The maximum atomic E-state index is 12.8. The summed E-state index contributed by atoms with van der Waals surface area (Å²) >= 11 is 11.9. The van der Waals surface area contributed by atoms with Gasteiger partial charge < -0.3 is 10.1 Å². The maximum Gasteiger partial charge on any atom is 0.338 e. The third-order valence-electron chi connectivity index (χ3n) is 6.11. The first-order chi connectivity index (χ1) is 15.8. The lowest BCUT2D eigenvalue weighted by Crippen LogP contribution is -2.30. The number of hydrogen-bond donors (Lipinski definition) is 1. The SMILES string of the molecule is C[C@@H]1CC[C@@H]2C(=O)N(c3ccc(C(=O)OCC(=O)Nc4cccc(Cl)c4Cl)cc3)C(=O)[C@@H]2C1. The van der Waals surface area contributed by atoms with Crippen molar-refractivity contribution in [3.63, 3.8) is 0 Å². The smallest absolute Gasteiger partial charge is 0.338 e. The zero-order chi connectivity index (χ0) is 23.7. The van der Waals surface area contributed by atoms with Gasteiger partial charge in [0.15, 0.2) is 6.61 Å². The molecule has 0 bridgehead atoms. The Kier molecular flexibility index (Phi) is 6.72. The molecule has 1 heterocycles. The van der Waals surface area contributed by atoms with Crippen LogP contribution in [0.3, 0.4) is 0 Å². The van der Waals surface area contributed by atoms with E-state index in [9.17, 15) is 19.2 Å². The van der Waals surface area contributed by atoms with Gasteiger partial charge in [0.1, 0.15) is 0 Å². The number of carbonyl (C=O) groups excluding carboxylic acids is 4. The number of anilines is 2. The summed E-state index contributed by atoms with van der Waals surface area (Å²) in [5.74, 6) is -1.74. The molecule has 1 saturated carbocycles. The summed E-state index contributed by atoms with van der Waals surface area (Å²) in [7, 11) is 0. The van der Waals surface area contributed by atoms with E-state index in [1.54, 1.807) is 30.3 Å². The minimum atomic E-state index is -0.713. The Hall–Kier alpha value is -2.90. The van der Waals surface area contributed by atoms with Gasteiger partial charge in [0.2, 0.25) is 11.8 Å². The van der Waals surface area contributed by atoms with Crippen molar-refractivity contribution in [2.75, 3.05) is 16.8 Å². The van der Waals surface area contributed by atoms with Crippen LogP contribution in [0.5, 0.6) is 0 Å². The average molecular weight is 489 g/mol. The molecule has 2 aromatic carbocycles. The van der Waals surface area contributed by atoms with Gasteiger partial charge in [0.25, 0.3) is 5.91 Å². The average Bonchev–Trinajstić information content (AvgIpc) is 3.04. The van der Waals surface area contributed by atoms with Crippen LogP contribution in [0, 0.1) is 17.8 Å². The van der Waals surface area contributed by atoms with Gasteiger partial charge in [-0.25, -0.2) is 4.79 Å². The van der Waals surface area contributed by atoms with E-state index in [1.165, 1.54) is 17.0 Å². The van der Waals surface area contributed by atoms with Gasteiger partial charge in [-0.1, -0.05) is 36.2 Å². The molecule has 1 saturated heterocycles. The minimum absolute atomic E-state index is 0.177. The van der Waals surface area contributed by atoms with Crippen LogP contribution < -0.4 is 10.2 Å². The molecule has 7 nitrogen and oxygen atoms in total. The minimum Gasteiger partial charge on any atom is -0.452 e. The molecule has 0 unspecified atom stereocenters. The Morgan fingerprint density at radius 3 is 2.45 bits per heavy atom. The zero-order valence-electron chi connectivity index (χ0n) is 17.8. The number of imide groups is 1. The normalized spacial score (nSPS) is 22.2. The Morgan fingerprint density at radius 1 is 1.03 bits per heavy atom. The molecule has 9 heteroatoms. The fourth-order valence-electron chi connectivity index (χ4n) is 4.39. The van der Waals surface area contributed by atoms with Crippen molar-refractivity contribution in [2.45, 2.75) is 26.2 Å². The summed E-state index contributed by atoms with van der Waals surface area (Å²) < 4.78 is 5.05. The number of ether oxygens (including phenoxy) is 1. The first kappa shape index (κ1) is 23.3. The number of fused-ring (bicyclic) bond motifs is 1. The second kappa shape index (κ2) is 9.53. The summed E-state index contributed by atoms with van der Waals surface area (Å²) in [5, 5.41) is 3.00. The van der Waals surface area contributed by atoms with Crippen LogP contribution in [0.25, 0.3) is 0 Å². The predicted octanol–water partition coefficient (Wildman–Crippen LogP) is 4.71. The van der Waals surface area contributed by atoms with Crippen LogP contribution in [0.1, 0.15) is 36.5 Å². The van der Waals surface area contributed by atoms with E-state index in [-0.39, 0.29) is 39.3 Å². The molecule has 33 heavy (non-hydrogen) atoms. The fraction of sp³-hybridized carbons (Fsp3) is 0.333. The van der Waals surface area contributed by atoms with Gasteiger partial charge in [-0.15, -0.1) is 0 Å². The Morgan fingerprint density at radius 2 is 1.73 bits per heavy atom. The number of rotatable bonds is 5. The summed E-state index contributed by atoms with van der Waals surface area (Å²) in [6.45, 7) is 1.58. The highest BCUT2D eigenvalue weighted by Crippen LogP contribution is 2.42. The molecule has 0 spiro atoms. The van der Waals surface area contributed by atoms with Crippen LogP contribution in [0.4, 0.5) is 11.4 Å². The van der Waals surface area contributed by atoms with Crippen molar-refractivity contribution < 1.29 is 23.9 Å². The molecular formula is C24H22Cl2N2O5. The van der Waals surface area contributed by atoms with E-state index in [0.717, 1.165) is 19.3 Å². The van der Waals surface area contributed by atoms with E-state index in [4.69, 9.17) is 27.9 Å². The molecule has 3 amide bonds. The standard InChI is InChI=1S/C24H22Cl2N2O5/c1-13-5-10-16-17(11-13)23(31)28(22(16)30)15-8-6-14(7-9-15)24(32)33-12-20(29)27-19-4-2-3-18(25)21(19)26/h2-4,6-9,13,16-17H,5,10-12H2,1H3,(H,27,29)/t13-,16+,17-/m1/s1. The Labute approximate surface area is 201 Å². The highest BCUT2D eigenvalue weighted by Gasteiger charge is 2.49. The van der Waals surface area contributed by atoms with Gasteiger partial charge in [0.05, 0.1) is 38.8 Å². The van der Waals surface area contributed by atoms with E-state index in [1.807, 2.05) is 0 Å². The van der Waals surface area contributed by atoms with E-state index in [2.05, 4.69) is 12.2 Å².